The normalized spacial score (nSPS) is 11.4. The summed E-state index contributed by atoms with van der Waals surface area (Å²) in [4.78, 5) is 24.0. The second-order valence-corrected chi connectivity index (χ2v) is 7.10. The van der Waals surface area contributed by atoms with Crippen LogP contribution >= 0.6 is 15.9 Å². The molecule has 2 aromatic carbocycles. The van der Waals surface area contributed by atoms with E-state index < -0.39 is 17.9 Å². The van der Waals surface area contributed by atoms with Gasteiger partial charge in [0.15, 0.2) is 12.7 Å². The van der Waals surface area contributed by atoms with Gasteiger partial charge in [-0.15, -0.1) is 0 Å². The minimum atomic E-state index is -0.766. The number of para-hydroxylation sites is 1. The van der Waals surface area contributed by atoms with Crippen molar-refractivity contribution in [3.8, 4) is 11.5 Å². The summed E-state index contributed by atoms with van der Waals surface area (Å²) >= 11 is 3.38. The van der Waals surface area contributed by atoms with Crippen LogP contribution in [0.25, 0.3) is 0 Å². The molecule has 1 unspecified atom stereocenters. The van der Waals surface area contributed by atoms with Crippen LogP contribution in [0.1, 0.15) is 23.6 Å². The van der Waals surface area contributed by atoms with E-state index in [0.29, 0.717) is 11.5 Å². The lowest BCUT2D eigenvalue weighted by Gasteiger charge is -2.18. The second kappa shape index (κ2) is 9.41. The molecule has 2 N–H and O–H groups in total. The Morgan fingerprint density at radius 1 is 1.07 bits per heavy atom. The van der Waals surface area contributed by atoms with Gasteiger partial charge in [0.1, 0.15) is 11.5 Å². The van der Waals surface area contributed by atoms with Gasteiger partial charge in [0.05, 0.1) is 4.47 Å². The van der Waals surface area contributed by atoms with Crippen molar-refractivity contribution in [2.45, 2.75) is 33.8 Å². The van der Waals surface area contributed by atoms with Crippen molar-refractivity contribution in [2.75, 3.05) is 6.61 Å². The number of carbonyl (C=O) groups excluding carboxylic acids is 2. The fraction of sp³-hybridized carbons (Fsp3) is 0.300. The molecule has 6 nitrogen and oxygen atoms in total. The fourth-order valence-electron chi connectivity index (χ4n) is 2.35. The lowest BCUT2D eigenvalue weighted by Crippen LogP contribution is -2.48. The van der Waals surface area contributed by atoms with Crippen LogP contribution < -0.4 is 20.3 Å². The summed E-state index contributed by atoms with van der Waals surface area (Å²) in [6.45, 7) is 7.17. The van der Waals surface area contributed by atoms with Crippen LogP contribution in [-0.4, -0.2) is 24.5 Å². The van der Waals surface area contributed by atoms with Crippen molar-refractivity contribution >= 4 is 27.7 Å². The number of hydrazine groups is 1. The summed E-state index contributed by atoms with van der Waals surface area (Å²) in [5.74, 6) is 0.283. The maximum absolute atomic E-state index is 12.1. The molecule has 2 aromatic rings. The average Bonchev–Trinajstić information content (AvgIpc) is 2.62. The standard InChI is InChI=1S/C20H23BrN2O4/c1-12-8-9-17(16(21)10-12)26-11-18(24)22-23-20(25)15(4)27-19-13(2)6-5-7-14(19)3/h5-10,15H,11H2,1-4H3,(H,22,24)(H,23,25). The predicted molar refractivity (Wildman–Crippen MR) is 107 cm³/mol. The summed E-state index contributed by atoms with van der Waals surface area (Å²) in [5, 5.41) is 0. The van der Waals surface area contributed by atoms with Crippen molar-refractivity contribution in [1.82, 2.24) is 10.9 Å². The predicted octanol–water partition coefficient (Wildman–Crippen LogP) is 3.37. The van der Waals surface area contributed by atoms with Gasteiger partial charge in [-0.05, 0) is 72.4 Å². The Morgan fingerprint density at radius 2 is 1.74 bits per heavy atom. The summed E-state index contributed by atoms with van der Waals surface area (Å²) in [6, 6.07) is 11.3. The number of benzene rings is 2. The van der Waals surface area contributed by atoms with Gasteiger partial charge in [-0.3, -0.25) is 20.4 Å². The van der Waals surface area contributed by atoms with E-state index in [0.717, 1.165) is 21.2 Å². The Balaban J connectivity index is 1.81. The average molecular weight is 435 g/mol. The molecule has 0 aliphatic rings. The van der Waals surface area contributed by atoms with E-state index in [1.165, 1.54) is 0 Å². The molecule has 2 amide bonds. The first kappa shape index (κ1) is 20.8. The molecule has 27 heavy (non-hydrogen) atoms. The van der Waals surface area contributed by atoms with Crippen LogP contribution in [0.4, 0.5) is 0 Å². The third kappa shape index (κ3) is 5.99. The van der Waals surface area contributed by atoms with Gasteiger partial charge >= 0.3 is 0 Å². The minimum Gasteiger partial charge on any atom is -0.483 e. The summed E-state index contributed by atoms with van der Waals surface area (Å²) < 4.78 is 11.9. The summed E-state index contributed by atoms with van der Waals surface area (Å²) in [6.07, 6.45) is -0.766. The molecule has 0 spiro atoms. The second-order valence-electron chi connectivity index (χ2n) is 6.24. The Bertz CT molecular complexity index is 818. The first-order chi connectivity index (χ1) is 12.8. The number of carbonyl (C=O) groups is 2. The number of aryl methyl sites for hydroxylation is 3. The molecule has 144 valence electrons. The number of halogens is 1. The summed E-state index contributed by atoms with van der Waals surface area (Å²) in [7, 11) is 0. The number of rotatable bonds is 6. The minimum absolute atomic E-state index is 0.228. The van der Waals surface area contributed by atoms with Gasteiger partial charge in [-0.1, -0.05) is 24.3 Å². The molecule has 0 bridgehead atoms. The Labute approximate surface area is 167 Å². The zero-order valence-corrected chi connectivity index (χ0v) is 17.3. The van der Waals surface area contributed by atoms with Crippen LogP contribution in [-0.2, 0) is 9.59 Å². The topological polar surface area (TPSA) is 76.7 Å². The molecule has 7 heteroatoms. The molecule has 0 aromatic heterocycles. The van der Waals surface area contributed by atoms with Crippen molar-refractivity contribution < 1.29 is 19.1 Å². The van der Waals surface area contributed by atoms with Crippen molar-refractivity contribution in [3.63, 3.8) is 0 Å². The van der Waals surface area contributed by atoms with E-state index in [1.807, 2.05) is 51.1 Å². The molecule has 0 saturated heterocycles. The van der Waals surface area contributed by atoms with Gasteiger partial charge in [0.2, 0.25) is 0 Å². The van der Waals surface area contributed by atoms with Crippen molar-refractivity contribution in [3.05, 3.63) is 57.6 Å². The SMILES string of the molecule is Cc1ccc(OCC(=O)NNC(=O)C(C)Oc2c(C)cccc2C)c(Br)c1. The van der Waals surface area contributed by atoms with E-state index in [1.54, 1.807) is 13.0 Å². The van der Waals surface area contributed by atoms with Crippen LogP contribution in [0.3, 0.4) is 0 Å². The van der Waals surface area contributed by atoms with Crippen LogP contribution in [0.2, 0.25) is 0 Å². The van der Waals surface area contributed by atoms with Crippen molar-refractivity contribution in [2.24, 2.45) is 0 Å². The maximum Gasteiger partial charge on any atom is 0.279 e. The van der Waals surface area contributed by atoms with Crippen LogP contribution in [0.15, 0.2) is 40.9 Å². The van der Waals surface area contributed by atoms with Gasteiger partial charge in [0, 0.05) is 0 Å². The molecule has 0 fully saturated rings. The molecule has 0 radical (unpaired) electrons. The Kier molecular flexibility index (Phi) is 7.24. The van der Waals surface area contributed by atoms with Crippen LogP contribution in [0, 0.1) is 20.8 Å². The monoisotopic (exact) mass is 434 g/mol. The van der Waals surface area contributed by atoms with Gasteiger partial charge in [0.25, 0.3) is 11.8 Å². The quantitative estimate of drug-likeness (QED) is 0.683. The number of amides is 2. The number of ether oxygens (including phenoxy) is 2. The van der Waals surface area contributed by atoms with E-state index in [4.69, 9.17) is 9.47 Å². The molecule has 1 atom stereocenters. The highest BCUT2D eigenvalue weighted by atomic mass is 79.9. The largest absolute Gasteiger partial charge is 0.483 e. The van der Waals surface area contributed by atoms with E-state index in [-0.39, 0.29) is 6.61 Å². The third-order valence-electron chi connectivity index (χ3n) is 3.84. The third-order valence-corrected chi connectivity index (χ3v) is 4.46. The fourth-order valence-corrected chi connectivity index (χ4v) is 2.96. The lowest BCUT2D eigenvalue weighted by molar-refractivity contribution is -0.133. The first-order valence-electron chi connectivity index (χ1n) is 8.48. The van der Waals surface area contributed by atoms with E-state index in [9.17, 15) is 9.59 Å². The van der Waals surface area contributed by atoms with Gasteiger partial charge in [-0.25, -0.2) is 0 Å². The molecule has 0 aliphatic carbocycles. The highest BCUT2D eigenvalue weighted by Crippen LogP contribution is 2.25. The molecule has 2 rings (SSSR count). The highest BCUT2D eigenvalue weighted by molar-refractivity contribution is 9.10. The van der Waals surface area contributed by atoms with Gasteiger partial charge < -0.3 is 9.47 Å². The van der Waals surface area contributed by atoms with Crippen molar-refractivity contribution in [1.29, 1.82) is 0 Å². The number of nitrogens with one attached hydrogen (secondary N) is 2. The smallest absolute Gasteiger partial charge is 0.279 e. The Hall–Kier alpha value is -2.54. The number of hydrogen-bond donors (Lipinski definition) is 2. The van der Waals surface area contributed by atoms with E-state index in [2.05, 4.69) is 26.8 Å². The maximum atomic E-state index is 12.1. The molecule has 0 aliphatic heterocycles. The molecule has 0 saturated carbocycles. The van der Waals surface area contributed by atoms with Crippen LogP contribution in [0.5, 0.6) is 11.5 Å². The molecule has 0 heterocycles. The molecular weight excluding hydrogens is 412 g/mol. The zero-order valence-electron chi connectivity index (χ0n) is 15.8. The Morgan fingerprint density at radius 3 is 2.37 bits per heavy atom. The first-order valence-corrected chi connectivity index (χ1v) is 9.27. The summed E-state index contributed by atoms with van der Waals surface area (Å²) in [5.41, 5.74) is 7.62. The lowest BCUT2D eigenvalue weighted by atomic mass is 10.1. The number of hydrogen-bond acceptors (Lipinski definition) is 4. The molecular formula is C20H23BrN2O4. The van der Waals surface area contributed by atoms with Gasteiger partial charge in [-0.2, -0.15) is 0 Å². The van der Waals surface area contributed by atoms with E-state index >= 15 is 0 Å². The zero-order chi connectivity index (χ0) is 20.0. The highest BCUT2D eigenvalue weighted by Gasteiger charge is 2.17.